The first kappa shape index (κ1) is 17.7. The summed E-state index contributed by atoms with van der Waals surface area (Å²) in [6.45, 7) is 3.29. The van der Waals surface area contributed by atoms with E-state index in [4.69, 9.17) is 0 Å². The molecule has 2 saturated heterocycles. The van der Waals surface area contributed by atoms with Crippen LogP contribution in [0.4, 0.5) is 21.7 Å². The van der Waals surface area contributed by atoms with E-state index in [9.17, 15) is 9.18 Å². The second-order valence-corrected chi connectivity index (χ2v) is 7.22. The number of halogens is 1. The molecule has 1 aromatic carbocycles. The lowest BCUT2D eigenvalue weighted by Gasteiger charge is -2.32. The molecule has 0 spiro atoms. The smallest absolute Gasteiger partial charge is 0.229 e. The second-order valence-electron chi connectivity index (χ2n) is 7.22. The fourth-order valence-corrected chi connectivity index (χ4v) is 3.88. The largest absolute Gasteiger partial charge is 0.371 e. The normalized spacial score (nSPS) is 20.0. The number of aromatic nitrogens is 2. The Bertz CT molecular complexity index is 794. The molecule has 6 nitrogen and oxygen atoms in total. The zero-order valence-corrected chi connectivity index (χ0v) is 15.3. The van der Waals surface area contributed by atoms with Gasteiger partial charge in [-0.25, -0.2) is 14.4 Å². The Morgan fingerprint density at radius 1 is 1.04 bits per heavy atom. The summed E-state index contributed by atoms with van der Waals surface area (Å²) in [5, 5.41) is 2.92. The SMILES string of the molecule is O=C(Nc1cc(F)cc(N2CCCC2)c1)[C@H]1CCCN(c2ncccn2)C1. The Morgan fingerprint density at radius 2 is 1.78 bits per heavy atom. The van der Waals surface area contributed by atoms with Gasteiger partial charge in [-0.3, -0.25) is 4.79 Å². The molecule has 0 bridgehead atoms. The van der Waals surface area contributed by atoms with Crippen LogP contribution in [0.1, 0.15) is 25.7 Å². The predicted octanol–water partition coefficient (Wildman–Crippen LogP) is 3.07. The number of anilines is 3. The summed E-state index contributed by atoms with van der Waals surface area (Å²) < 4.78 is 14.1. The Balaban J connectivity index is 1.44. The number of carbonyl (C=O) groups is 1. The molecule has 1 atom stereocenters. The maximum Gasteiger partial charge on any atom is 0.229 e. The number of nitrogens with zero attached hydrogens (tertiary/aromatic N) is 4. The number of carbonyl (C=O) groups excluding carboxylic acids is 1. The van der Waals surface area contributed by atoms with Crippen LogP contribution in [-0.2, 0) is 4.79 Å². The lowest BCUT2D eigenvalue weighted by atomic mass is 9.97. The van der Waals surface area contributed by atoms with Crippen molar-refractivity contribution in [3.05, 3.63) is 42.5 Å². The summed E-state index contributed by atoms with van der Waals surface area (Å²) in [6, 6.07) is 6.57. The molecule has 27 heavy (non-hydrogen) atoms. The maximum absolute atomic E-state index is 14.1. The summed E-state index contributed by atoms with van der Waals surface area (Å²) in [6.07, 6.45) is 7.37. The average Bonchev–Trinajstić information content (AvgIpc) is 3.23. The van der Waals surface area contributed by atoms with Crippen molar-refractivity contribution < 1.29 is 9.18 Å². The minimum absolute atomic E-state index is 0.0754. The maximum atomic E-state index is 14.1. The van der Waals surface area contributed by atoms with Gasteiger partial charge in [-0.2, -0.15) is 0 Å². The Labute approximate surface area is 158 Å². The standard InChI is InChI=1S/C20H24FN5O/c21-16-11-17(13-18(12-16)25-8-1-2-9-25)24-19(27)15-5-3-10-26(14-15)20-22-6-4-7-23-20/h4,6-7,11-13,15H,1-3,5,8-10,14H2,(H,24,27)/t15-/m0/s1. The molecule has 142 valence electrons. The van der Waals surface area contributed by atoms with Gasteiger partial charge >= 0.3 is 0 Å². The predicted molar refractivity (Wildman–Crippen MR) is 103 cm³/mol. The van der Waals surface area contributed by atoms with Gasteiger partial charge in [-0.15, -0.1) is 0 Å². The summed E-state index contributed by atoms with van der Waals surface area (Å²) in [5.74, 6) is 0.0874. The van der Waals surface area contributed by atoms with Crippen LogP contribution in [0.5, 0.6) is 0 Å². The molecular weight excluding hydrogens is 345 g/mol. The fraction of sp³-hybridized carbons (Fsp3) is 0.450. The number of benzene rings is 1. The molecule has 2 aromatic rings. The molecule has 2 fully saturated rings. The van der Waals surface area contributed by atoms with E-state index in [1.165, 1.54) is 12.1 Å². The molecular formula is C20H24FN5O. The molecule has 0 aliphatic carbocycles. The van der Waals surface area contributed by atoms with Gasteiger partial charge in [0.25, 0.3) is 0 Å². The quantitative estimate of drug-likeness (QED) is 0.897. The van der Waals surface area contributed by atoms with Gasteiger partial charge in [0.15, 0.2) is 0 Å². The number of amides is 1. The topological polar surface area (TPSA) is 61.4 Å². The monoisotopic (exact) mass is 369 g/mol. The molecule has 1 aromatic heterocycles. The van der Waals surface area contributed by atoms with E-state index in [0.717, 1.165) is 51.0 Å². The number of nitrogens with one attached hydrogen (secondary N) is 1. The van der Waals surface area contributed by atoms with Crippen molar-refractivity contribution in [3.8, 4) is 0 Å². The number of piperidine rings is 1. The van der Waals surface area contributed by atoms with Crippen LogP contribution in [0.25, 0.3) is 0 Å². The van der Waals surface area contributed by atoms with E-state index in [-0.39, 0.29) is 17.6 Å². The lowest BCUT2D eigenvalue weighted by Crippen LogP contribution is -2.41. The number of hydrogen-bond donors (Lipinski definition) is 1. The van der Waals surface area contributed by atoms with Gasteiger partial charge in [0.2, 0.25) is 11.9 Å². The van der Waals surface area contributed by atoms with Crippen molar-refractivity contribution in [2.75, 3.05) is 41.3 Å². The minimum atomic E-state index is -0.322. The first-order valence-corrected chi connectivity index (χ1v) is 9.57. The highest BCUT2D eigenvalue weighted by Crippen LogP contribution is 2.27. The Morgan fingerprint density at radius 3 is 2.56 bits per heavy atom. The summed E-state index contributed by atoms with van der Waals surface area (Å²) in [4.78, 5) is 25.5. The van der Waals surface area contributed by atoms with Gasteiger partial charge in [0.1, 0.15) is 5.82 Å². The van der Waals surface area contributed by atoms with Crippen molar-refractivity contribution in [2.45, 2.75) is 25.7 Å². The number of hydrogen-bond acceptors (Lipinski definition) is 5. The summed E-state index contributed by atoms with van der Waals surface area (Å²) >= 11 is 0. The molecule has 0 unspecified atom stereocenters. The van der Waals surface area contributed by atoms with E-state index >= 15 is 0 Å². The van der Waals surface area contributed by atoms with Crippen LogP contribution in [0.15, 0.2) is 36.7 Å². The van der Waals surface area contributed by atoms with Gasteiger partial charge in [0.05, 0.1) is 5.92 Å². The van der Waals surface area contributed by atoms with Crippen LogP contribution in [0, 0.1) is 11.7 Å². The van der Waals surface area contributed by atoms with E-state index < -0.39 is 0 Å². The van der Waals surface area contributed by atoms with Crippen LogP contribution >= 0.6 is 0 Å². The second kappa shape index (κ2) is 7.90. The third-order valence-corrected chi connectivity index (χ3v) is 5.25. The van der Waals surface area contributed by atoms with Crippen LogP contribution < -0.4 is 15.1 Å². The zero-order valence-electron chi connectivity index (χ0n) is 15.3. The van der Waals surface area contributed by atoms with Crippen LogP contribution in [0.3, 0.4) is 0 Å². The molecule has 7 heteroatoms. The molecule has 1 N–H and O–H groups in total. The minimum Gasteiger partial charge on any atom is -0.371 e. The molecule has 0 radical (unpaired) electrons. The Kier molecular flexibility index (Phi) is 5.18. The molecule has 2 aliphatic rings. The van der Waals surface area contributed by atoms with Crippen molar-refractivity contribution in [1.29, 1.82) is 0 Å². The van der Waals surface area contributed by atoms with Crippen molar-refractivity contribution in [2.24, 2.45) is 5.92 Å². The highest BCUT2D eigenvalue weighted by Gasteiger charge is 2.27. The third-order valence-electron chi connectivity index (χ3n) is 5.25. The van der Waals surface area contributed by atoms with Crippen LogP contribution in [-0.4, -0.2) is 42.1 Å². The van der Waals surface area contributed by atoms with Crippen molar-refractivity contribution in [3.63, 3.8) is 0 Å². The van der Waals surface area contributed by atoms with E-state index in [0.29, 0.717) is 18.2 Å². The molecule has 2 aliphatic heterocycles. The van der Waals surface area contributed by atoms with Gasteiger partial charge in [0, 0.05) is 49.9 Å². The van der Waals surface area contributed by atoms with E-state index in [1.54, 1.807) is 18.5 Å². The lowest BCUT2D eigenvalue weighted by molar-refractivity contribution is -0.120. The van der Waals surface area contributed by atoms with Gasteiger partial charge < -0.3 is 15.1 Å². The summed E-state index contributed by atoms with van der Waals surface area (Å²) in [7, 11) is 0. The first-order valence-electron chi connectivity index (χ1n) is 9.57. The molecule has 0 saturated carbocycles. The third kappa shape index (κ3) is 4.18. The zero-order chi connectivity index (χ0) is 18.6. The molecule has 1 amide bonds. The van der Waals surface area contributed by atoms with Gasteiger partial charge in [-0.1, -0.05) is 0 Å². The fourth-order valence-electron chi connectivity index (χ4n) is 3.88. The molecule has 3 heterocycles. The average molecular weight is 369 g/mol. The van der Waals surface area contributed by atoms with E-state index in [1.807, 2.05) is 11.0 Å². The summed E-state index contributed by atoms with van der Waals surface area (Å²) in [5.41, 5.74) is 1.36. The first-order chi connectivity index (χ1) is 13.2. The van der Waals surface area contributed by atoms with Gasteiger partial charge in [-0.05, 0) is 49.9 Å². The van der Waals surface area contributed by atoms with Crippen molar-refractivity contribution in [1.82, 2.24) is 9.97 Å². The highest BCUT2D eigenvalue weighted by atomic mass is 19.1. The Hall–Kier alpha value is -2.70. The highest BCUT2D eigenvalue weighted by molar-refractivity contribution is 5.93. The molecule has 4 rings (SSSR count). The van der Waals surface area contributed by atoms with Crippen molar-refractivity contribution >= 4 is 23.2 Å². The number of rotatable bonds is 4. The van der Waals surface area contributed by atoms with E-state index in [2.05, 4.69) is 20.2 Å². The van der Waals surface area contributed by atoms with Crippen LogP contribution in [0.2, 0.25) is 0 Å².